The molecule has 2 aromatic rings. The van der Waals surface area contributed by atoms with Gasteiger partial charge >= 0.3 is 0 Å². The highest BCUT2D eigenvalue weighted by Gasteiger charge is 2.30. The summed E-state index contributed by atoms with van der Waals surface area (Å²) in [5.74, 6) is -0.123. The average molecular weight is 455 g/mol. The van der Waals surface area contributed by atoms with Gasteiger partial charge in [0.25, 0.3) is 5.91 Å². The predicted molar refractivity (Wildman–Crippen MR) is 126 cm³/mol. The number of carbonyl (C=O) groups excluding carboxylic acids is 1. The lowest BCUT2D eigenvalue weighted by atomic mass is 9.96. The molecule has 9 heteroatoms. The van der Waals surface area contributed by atoms with Crippen molar-refractivity contribution in [1.82, 2.24) is 5.43 Å². The topological polar surface area (TPSA) is 99.7 Å². The van der Waals surface area contributed by atoms with Crippen LogP contribution < -0.4 is 15.5 Å². The molecule has 0 radical (unpaired) electrons. The fourth-order valence-corrected chi connectivity index (χ4v) is 4.92. The van der Waals surface area contributed by atoms with Crippen LogP contribution in [0, 0.1) is 5.92 Å². The van der Waals surface area contributed by atoms with Crippen molar-refractivity contribution < 1.29 is 13.2 Å². The summed E-state index contributed by atoms with van der Waals surface area (Å²) < 4.78 is 25.3. The first-order chi connectivity index (χ1) is 14.7. The van der Waals surface area contributed by atoms with Gasteiger partial charge in [-0.2, -0.15) is 5.10 Å². The maximum Gasteiger partial charge on any atom is 0.275 e. The molecule has 2 aliphatic rings. The van der Waals surface area contributed by atoms with Crippen LogP contribution in [0.15, 0.2) is 75.9 Å². The lowest BCUT2D eigenvalue weighted by Crippen LogP contribution is -2.21. The Balaban J connectivity index is 1.72. The van der Waals surface area contributed by atoms with E-state index >= 15 is 0 Å². The number of carbonyl (C=O) groups is 1. The first kappa shape index (κ1) is 21.2. The normalized spacial score (nSPS) is 18.1. The number of nitrogens with one attached hydrogen (secondary N) is 3. The van der Waals surface area contributed by atoms with Crippen LogP contribution in [-0.4, -0.2) is 26.3 Å². The Morgan fingerprint density at radius 2 is 1.77 bits per heavy atom. The number of rotatable bonds is 5. The van der Waals surface area contributed by atoms with Crippen molar-refractivity contribution in [1.29, 1.82) is 0 Å². The third-order valence-corrected chi connectivity index (χ3v) is 6.37. The molecule has 160 valence electrons. The monoisotopic (exact) mass is 454 g/mol. The minimum atomic E-state index is -3.32. The zero-order valence-corrected chi connectivity index (χ0v) is 18.9. The maximum atomic E-state index is 12.5. The molecule has 0 unspecified atom stereocenters. The number of hydrazone groups is 1. The van der Waals surface area contributed by atoms with Crippen LogP contribution in [0.2, 0.25) is 0 Å². The van der Waals surface area contributed by atoms with Crippen LogP contribution in [0.25, 0.3) is 4.91 Å². The number of thioether (sulfide) groups is 1. The van der Waals surface area contributed by atoms with Crippen molar-refractivity contribution in [3.8, 4) is 0 Å². The third kappa shape index (κ3) is 4.67. The Kier molecular flexibility index (Phi) is 5.63. The molecule has 0 aromatic heterocycles. The SMILES string of the molecule is CC(C)C1=NNC(=O)C1=C1C=C(Sc2ccc(NS(C)(=O)=O)cc2)c2ccccc2N1. The van der Waals surface area contributed by atoms with Crippen LogP contribution >= 0.6 is 11.8 Å². The van der Waals surface area contributed by atoms with Gasteiger partial charge in [0.05, 0.1) is 23.2 Å². The lowest BCUT2D eigenvalue weighted by Gasteiger charge is -2.23. The van der Waals surface area contributed by atoms with Crippen LogP contribution in [0.1, 0.15) is 19.4 Å². The van der Waals surface area contributed by atoms with Crippen LogP contribution in [0.3, 0.4) is 0 Å². The van der Waals surface area contributed by atoms with Crippen LogP contribution in [-0.2, 0) is 14.8 Å². The van der Waals surface area contributed by atoms with Gasteiger partial charge in [-0.25, -0.2) is 13.8 Å². The number of hydrogen-bond acceptors (Lipinski definition) is 6. The Hall–Kier alpha value is -3.04. The van der Waals surface area contributed by atoms with E-state index < -0.39 is 10.0 Å². The summed E-state index contributed by atoms with van der Waals surface area (Å²) in [6, 6.07) is 15.1. The number of allylic oxidation sites excluding steroid dienone is 1. The van der Waals surface area contributed by atoms with Crippen molar-refractivity contribution in [3.05, 3.63) is 71.4 Å². The second kappa shape index (κ2) is 8.24. The lowest BCUT2D eigenvalue weighted by molar-refractivity contribution is -0.116. The molecule has 0 fully saturated rings. The molecule has 0 atom stereocenters. The standard InChI is InChI=1S/C22H22N4O3S2/c1-13(2)21-20(22(27)25-24-21)18-12-19(16-6-4-5-7-17(16)23-18)30-15-10-8-14(9-11-15)26-31(3,28)29/h4-13,23,26H,1-3H3,(H,25,27). The van der Waals surface area contributed by atoms with Gasteiger partial charge in [-0.3, -0.25) is 9.52 Å². The molecule has 1 amide bonds. The summed E-state index contributed by atoms with van der Waals surface area (Å²) >= 11 is 1.55. The van der Waals surface area contributed by atoms with Gasteiger partial charge in [0.15, 0.2) is 0 Å². The molecule has 2 heterocycles. The number of benzene rings is 2. The van der Waals surface area contributed by atoms with E-state index in [0.717, 1.165) is 33.0 Å². The summed E-state index contributed by atoms with van der Waals surface area (Å²) in [6.45, 7) is 4.00. The third-order valence-electron chi connectivity index (χ3n) is 4.70. The van der Waals surface area contributed by atoms with E-state index in [4.69, 9.17) is 0 Å². The number of nitrogens with zero attached hydrogens (tertiary/aromatic N) is 1. The summed E-state index contributed by atoms with van der Waals surface area (Å²) in [6.07, 6.45) is 3.09. The van der Waals surface area contributed by atoms with E-state index in [1.807, 2.05) is 56.3 Å². The number of sulfonamides is 1. The van der Waals surface area contributed by atoms with Gasteiger partial charge in [-0.05, 0) is 42.3 Å². The molecule has 0 spiro atoms. The summed E-state index contributed by atoms with van der Waals surface area (Å²) in [4.78, 5) is 14.4. The maximum absolute atomic E-state index is 12.5. The zero-order valence-electron chi connectivity index (χ0n) is 17.3. The second-order valence-electron chi connectivity index (χ2n) is 7.56. The van der Waals surface area contributed by atoms with Gasteiger partial charge in [-0.1, -0.05) is 43.8 Å². The van der Waals surface area contributed by atoms with Crippen molar-refractivity contribution in [2.75, 3.05) is 16.3 Å². The zero-order chi connectivity index (χ0) is 22.2. The smallest absolute Gasteiger partial charge is 0.275 e. The molecule has 0 saturated heterocycles. The largest absolute Gasteiger partial charge is 0.354 e. The molecule has 4 rings (SSSR count). The Morgan fingerprint density at radius 3 is 2.45 bits per heavy atom. The molecular weight excluding hydrogens is 432 g/mol. The molecule has 2 aliphatic heterocycles. The van der Waals surface area contributed by atoms with E-state index in [0.29, 0.717) is 17.0 Å². The van der Waals surface area contributed by atoms with E-state index in [-0.39, 0.29) is 11.8 Å². The predicted octanol–water partition coefficient (Wildman–Crippen LogP) is 4.01. The average Bonchev–Trinajstić information content (AvgIpc) is 3.10. The minimum Gasteiger partial charge on any atom is -0.354 e. The fraction of sp³-hybridized carbons (Fsp3) is 0.182. The highest BCUT2D eigenvalue weighted by molar-refractivity contribution is 8.08. The van der Waals surface area contributed by atoms with Gasteiger partial charge < -0.3 is 5.32 Å². The van der Waals surface area contributed by atoms with Gasteiger partial charge in [-0.15, -0.1) is 0 Å². The Labute approximate surface area is 185 Å². The number of hydrogen-bond donors (Lipinski definition) is 3. The van der Waals surface area contributed by atoms with E-state index in [1.165, 1.54) is 0 Å². The number of fused-ring (bicyclic) bond motifs is 1. The highest BCUT2D eigenvalue weighted by atomic mass is 32.2. The van der Waals surface area contributed by atoms with Gasteiger partial charge in [0, 0.05) is 26.7 Å². The highest BCUT2D eigenvalue weighted by Crippen LogP contribution is 2.42. The summed E-state index contributed by atoms with van der Waals surface area (Å²) in [7, 11) is -3.32. The molecule has 0 bridgehead atoms. The molecule has 2 aromatic carbocycles. The quantitative estimate of drug-likeness (QED) is 0.593. The van der Waals surface area contributed by atoms with E-state index in [1.54, 1.807) is 23.9 Å². The first-order valence-corrected chi connectivity index (χ1v) is 12.4. The second-order valence-corrected chi connectivity index (χ2v) is 10.4. The van der Waals surface area contributed by atoms with E-state index in [9.17, 15) is 13.2 Å². The molecule has 0 aliphatic carbocycles. The van der Waals surface area contributed by atoms with Crippen LogP contribution in [0.4, 0.5) is 11.4 Å². The Bertz CT molecular complexity index is 1240. The van der Waals surface area contributed by atoms with Crippen molar-refractivity contribution in [2.24, 2.45) is 11.0 Å². The van der Waals surface area contributed by atoms with Gasteiger partial charge in [0.2, 0.25) is 10.0 Å². The number of para-hydroxylation sites is 1. The minimum absolute atomic E-state index is 0.0970. The summed E-state index contributed by atoms with van der Waals surface area (Å²) in [5, 5.41) is 7.58. The van der Waals surface area contributed by atoms with Crippen molar-refractivity contribution in [3.63, 3.8) is 0 Å². The number of anilines is 2. The van der Waals surface area contributed by atoms with Crippen LogP contribution in [0.5, 0.6) is 0 Å². The van der Waals surface area contributed by atoms with Gasteiger partial charge in [0.1, 0.15) is 0 Å². The molecule has 0 saturated carbocycles. The molecule has 3 N–H and O–H groups in total. The molecule has 7 nitrogen and oxygen atoms in total. The summed E-state index contributed by atoms with van der Waals surface area (Å²) in [5.41, 5.74) is 7.00. The van der Waals surface area contributed by atoms with Crippen molar-refractivity contribution in [2.45, 2.75) is 18.7 Å². The van der Waals surface area contributed by atoms with E-state index in [2.05, 4.69) is 20.6 Å². The molecule has 31 heavy (non-hydrogen) atoms. The molecular formula is C22H22N4O3S2. The Morgan fingerprint density at radius 1 is 1.06 bits per heavy atom. The fourth-order valence-electron chi connectivity index (χ4n) is 3.37. The first-order valence-electron chi connectivity index (χ1n) is 9.67. The number of amides is 1. The van der Waals surface area contributed by atoms with Crippen molar-refractivity contribution >= 4 is 49.7 Å².